The van der Waals surface area contributed by atoms with Crippen LogP contribution in [0.3, 0.4) is 0 Å². The summed E-state index contributed by atoms with van der Waals surface area (Å²) < 4.78 is 6.26. The lowest BCUT2D eigenvalue weighted by Gasteiger charge is -2.14. The number of halogens is 1. The van der Waals surface area contributed by atoms with E-state index in [0.29, 0.717) is 21.6 Å². The summed E-state index contributed by atoms with van der Waals surface area (Å²) >= 11 is 6.30. The highest BCUT2D eigenvalue weighted by molar-refractivity contribution is 6.32. The molecule has 1 heterocycles. The second-order valence-corrected chi connectivity index (χ2v) is 5.68. The molecule has 2 aromatic carbocycles. The average Bonchev–Trinajstić information content (AvgIpc) is 2.56. The minimum absolute atomic E-state index is 0.0914. The van der Waals surface area contributed by atoms with Crippen molar-refractivity contribution in [1.82, 2.24) is 9.55 Å². The summed E-state index contributed by atoms with van der Waals surface area (Å²) in [6, 6.07) is 12.1. The molecule has 24 heavy (non-hydrogen) atoms. The molecule has 0 amide bonds. The second-order valence-electron chi connectivity index (χ2n) is 5.27. The fourth-order valence-corrected chi connectivity index (χ4v) is 2.80. The van der Waals surface area contributed by atoms with Gasteiger partial charge in [-0.25, -0.2) is 9.78 Å². The summed E-state index contributed by atoms with van der Waals surface area (Å²) in [6.45, 7) is 3.77. The minimum atomic E-state index is -0.669. The summed E-state index contributed by atoms with van der Waals surface area (Å²) in [7, 11) is 0. The quantitative estimate of drug-likeness (QED) is 0.683. The number of nitrogens with zero attached hydrogens (tertiary/aromatic N) is 2. The number of rotatable bonds is 3. The number of esters is 1. The van der Waals surface area contributed by atoms with Crippen LogP contribution in [0, 0.1) is 6.92 Å². The maximum Gasteiger partial charge on any atom is 0.375 e. The van der Waals surface area contributed by atoms with E-state index in [2.05, 4.69) is 4.98 Å². The van der Waals surface area contributed by atoms with Crippen LogP contribution in [0.2, 0.25) is 5.02 Å². The summed E-state index contributed by atoms with van der Waals surface area (Å²) in [6.07, 6.45) is 0. The van der Waals surface area contributed by atoms with E-state index in [4.69, 9.17) is 16.3 Å². The normalized spacial score (nSPS) is 10.8. The highest BCUT2D eigenvalue weighted by Gasteiger charge is 2.21. The number of fused-ring (bicyclic) bond motifs is 1. The summed E-state index contributed by atoms with van der Waals surface area (Å²) in [5.74, 6) is -0.761. The Morgan fingerprint density at radius 2 is 2.00 bits per heavy atom. The van der Waals surface area contributed by atoms with Crippen LogP contribution in [0.25, 0.3) is 16.6 Å². The van der Waals surface area contributed by atoms with Crippen molar-refractivity contribution in [3.63, 3.8) is 0 Å². The first kappa shape index (κ1) is 16.2. The van der Waals surface area contributed by atoms with Crippen LogP contribution in [-0.2, 0) is 4.74 Å². The molecule has 0 N–H and O–H groups in total. The third-order valence-corrected chi connectivity index (χ3v) is 3.88. The van der Waals surface area contributed by atoms with Gasteiger partial charge in [-0.1, -0.05) is 29.8 Å². The lowest BCUT2D eigenvalue weighted by molar-refractivity contribution is 0.0508. The zero-order valence-corrected chi connectivity index (χ0v) is 14.0. The van der Waals surface area contributed by atoms with Crippen LogP contribution < -0.4 is 5.56 Å². The van der Waals surface area contributed by atoms with Gasteiger partial charge in [0.25, 0.3) is 5.56 Å². The van der Waals surface area contributed by atoms with Crippen molar-refractivity contribution < 1.29 is 9.53 Å². The van der Waals surface area contributed by atoms with Crippen molar-refractivity contribution in [1.29, 1.82) is 0 Å². The molecule has 0 radical (unpaired) electrons. The Labute approximate surface area is 143 Å². The average molecular weight is 343 g/mol. The van der Waals surface area contributed by atoms with Crippen molar-refractivity contribution in [2.45, 2.75) is 13.8 Å². The predicted octanol–water partition coefficient (Wildman–Crippen LogP) is 3.52. The Balaban J connectivity index is 2.39. The maximum absolute atomic E-state index is 13.0. The number of carbonyl (C=O) groups excluding carboxylic acids is 1. The molecule has 0 saturated carbocycles. The molecule has 5 nitrogen and oxygen atoms in total. The van der Waals surface area contributed by atoms with E-state index < -0.39 is 5.97 Å². The third kappa shape index (κ3) is 2.78. The van der Waals surface area contributed by atoms with Crippen LogP contribution >= 0.6 is 11.6 Å². The van der Waals surface area contributed by atoms with E-state index in [9.17, 15) is 9.59 Å². The van der Waals surface area contributed by atoms with Gasteiger partial charge in [-0.3, -0.25) is 9.36 Å². The first-order valence-electron chi connectivity index (χ1n) is 7.48. The van der Waals surface area contributed by atoms with Crippen LogP contribution in [-0.4, -0.2) is 22.1 Å². The first-order valence-corrected chi connectivity index (χ1v) is 7.86. The van der Waals surface area contributed by atoms with E-state index in [-0.39, 0.29) is 18.0 Å². The van der Waals surface area contributed by atoms with Crippen LogP contribution in [0.1, 0.15) is 23.1 Å². The topological polar surface area (TPSA) is 61.2 Å². The van der Waals surface area contributed by atoms with E-state index in [0.717, 1.165) is 5.56 Å². The monoisotopic (exact) mass is 342 g/mol. The van der Waals surface area contributed by atoms with Crippen molar-refractivity contribution >= 4 is 28.5 Å². The molecule has 0 saturated heterocycles. The fraction of sp³-hybridized carbons (Fsp3) is 0.167. The molecule has 0 aliphatic carbocycles. The summed E-state index contributed by atoms with van der Waals surface area (Å²) in [5, 5.41) is 0.766. The lowest BCUT2D eigenvalue weighted by Crippen LogP contribution is -2.27. The Hall–Kier alpha value is -2.66. The number of ether oxygens (including phenoxy) is 1. The number of benzene rings is 2. The summed E-state index contributed by atoms with van der Waals surface area (Å²) in [4.78, 5) is 29.6. The zero-order valence-electron chi connectivity index (χ0n) is 13.2. The molecular weight excluding hydrogens is 328 g/mol. The fourth-order valence-electron chi connectivity index (χ4n) is 2.48. The van der Waals surface area contributed by atoms with Crippen LogP contribution in [0.4, 0.5) is 0 Å². The van der Waals surface area contributed by atoms with Gasteiger partial charge in [0.1, 0.15) is 0 Å². The number of aryl methyl sites for hydroxylation is 1. The Kier molecular flexibility index (Phi) is 4.36. The molecule has 3 aromatic rings. The van der Waals surface area contributed by atoms with E-state index in [1.54, 1.807) is 43.3 Å². The molecule has 6 heteroatoms. The van der Waals surface area contributed by atoms with Crippen LogP contribution in [0.5, 0.6) is 0 Å². The molecule has 0 bridgehead atoms. The largest absolute Gasteiger partial charge is 0.460 e. The molecule has 3 rings (SSSR count). The smallest absolute Gasteiger partial charge is 0.375 e. The van der Waals surface area contributed by atoms with Crippen LogP contribution in [0.15, 0.2) is 47.3 Å². The number of aromatic nitrogens is 2. The molecule has 1 aromatic heterocycles. The molecular formula is C18H15ClN2O3. The predicted molar refractivity (Wildman–Crippen MR) is 93.0 cm³/mol. The van der Waals surface area contributed by atoms with Gasteiger partial charge in [-0.2, -0.15) is 0 Å². The minimum Gasteiger partial charge on any atom is -0.460 e. The van der Waals surface area contributed by atoms with E-state index in [1.807, 2.05) is 13.0 Å². The third-order valence-electron chi connectivity index (χ3n) is 3.58. The van der Waals surface area contributed by atoms with Gasteiger partial charge >= 0.3 is 5.97 Å². The van der Waals surface area contributed by atoms with Gasteiger partial charge in [0.05, 0.1) is 28.2 Å². The highest BCUT2D eigenvalue weighted by Crippen LogP contribution is 2.23. The number of hydrogen-bond donors (Lipinski definition) is 0. The Bertz CT molecular complexity index is 995. The van der Waals surface area contributed by atoms with Crippen molar-refractivity contribution in [2.75, 3.05) is 6.61 Å². The van der Waals surface area contributed by atoms with E-state index >= 15 is 0 Å². The molecule has 0 atom stereocenters. The van der Waals surface area contributed by atoms with E-state index in [1.165, 1.54) is 4.57 Å². The number of carbonyl (C=O) groups is 1. The second kappa shape index (κ2) is 6.45. The molecule has 0 spiro atoms. The van der Waals surface area contributed by atoms with Crippen molar-refractivity contribution in [3.05, 3.63) is 69.2 Å². The van der Waals surface area contributed by atoms with Gasteiger partial charge in [0, 0.05) is 0 Å². The molecule has 0 unspecified atom stereocenters. The highest BCUT2D eigenvalue weighted by atomic mass is 35.5. The number of hydrogen-bond acceptors (Lipinski definition) is 4. The maximum atomic E-state index is 13.0. The lowest BCUT2D eigenvalue weighted by atomic mass is 10.2. The van der Waals surface area contributed by atoms with Gasteiger partial charge in [0.2, 0.25) is 5.82 Å². The Morgan fingerprint density at radius 1 is 1.25 bits per heavy atom. The number of para-hydroxylation sites is 1. The van der Waals surface area contributed by atoms with Gasteiger partial charge in [-0.15, -0.1) is 0 Å². The molecule has 0 aliphatic rings. The molecule has 0 fully saturated rings. The van der Waals surface area contributed by atoms with Crippen molar-refractivity contribution in [3.8, 4) is 5.69 Å². The van der Waals surface area contributed by atoms with Gasteiger partial charge in [0.15, 0.2) is 0 Å². The Morgan fingerprint density at radius 3 is 2.71 bits per heavy atom. The first-order chi connectivity index (χ1) is 11.5. The molecule has 122 valence electrons. The summed E-state index contributed by atoms with van der Waals surface area (Å²) in [5.41, 5.74) is 1.41. The zero-order chi connectivity index (χ0) is 17.3. The van der Waals surface area contributed by atoms with Gasteiger partial charge < -0.3 is 4.74 Å². The SMILES string of the molecule is CCOC(=O)c1nc2ccccc2c(=O)n1-c1ccc(C)cc1Cl. The van der Waals surface area contributed by atoms with Gasteiger partial charge in [-0.05, 0) is 43.7 Å². The standard InChI is InChI=1S/C18H15ClN2O3/c1-3-24-18(23)16-20-14-7-5-4-6-12(14)17(22)21(16)15-9-8-11(2)10-13(15)19/h4-10H,3H2,1-2H3. The molecule has 0 aliphatic heterocycles. The van der Waals surface area contributed by atoms with Crippen molar-refractivity contribution in [2.24, 2.45) is 0 Å².